The van der Waals surface area contributed by atoms with Crippen LogP contribution in [0.25, 0.3) is 0 Å². The molecule has 1 saturated heterocycles. The number of benzene rings is 1. The lowest BCUT2D eigenvalue weighted by Gasteiger charge is -2.24. The number of urea groups is 1. The van der Waals surface area contributed by atoms with Gasteiger partial charge in [-0.25, -0.2) is 9.69 Å². The number of hydrogen-bond acceptors (Lipinski definition) is 5. The van der Waals surface area contributed by atoms with Crippen LogP contribution in [-0.2, 0) is 9.59 Å². The van der Waals surface area contributed by atoms with Crippen molar-refractivity contribution in [3.8, 4) is 5.75 Å². The first-order chi connectivity index (χ1) is 12.9. The Balaban J connectivity index is 1.58. The first kappa shape index (κ1) is 19.2. The Kier molecular flexibility index (Phi) is 5.36. The van der Waals surface area contributed by atoms with Gasteiger partial charge in [-0.1, -0.05) is 25.0 Å². The zero-order valence-electron chi connectivity index (χ0n) is 15.5. The highest BCUT2D eigenvalue weighted by Gasteiger charge is 2.54. The van der Waals surface area contributed by atoms with Crippen LogP contribution in [0, 0.1) is 0 Å². The quantitative estimate of drug-likeness (QED) is 0.645. The molecule has 146 valence electrons. The van der Waals surface area contributed by atoms with Crippen LogP contribution < -0.4 is 15.4 Å². The molecule has 0 radical (unpaired) electrons. The summed E-state index contributed by atoms with van der Waals surface area (Å²) in [6, 6.07) is 5.38. The fourth-order valence-corrected chi connectivity index (χ4v) is 3.72. The molecule has 1 aromatic carbocycles. The molecule has 2 aliphatic rings. The molecule has 0 aromatic heterocycles. The minimum absolute atomic E-state index is 0.0235. The second kappa shape index (κ2) is 7.56. The van der Waals surface area contributed by atoms with Crippen LogP contribution in [0.4, 0.5) is 4.79 Å². The van der Waals surface area contributed by atoms with Gasteiger partial charge >= 0.3 is 6.03 Å². The van der Waals surface area contributed by atoms with Gasteiger partial charge < -0.3 is 20.5 Å². The summed E-state index contributed by atoms with van der Waals surface area (Å²) in [6.45, 7) is 1.49. The summed E-state index contributed by atoms with van der Waals surface area (Å²) in [5.74, 6) is -0.146. The van der Waals surface area contributed by atoms with Gasteiger partial charge in [0.1, 0.15) is 17.3 Å². The molecule has 2 unspecified atom stereocenters. The third-order valence-electron chi connectivity index (χ3n) is 5.39. The van der Waals surface area contributed by atoms with E-state index in [9.17, 15) is 19.5 Å². The molecule has 2 fully saturated rings. The van der Waals surface area contributed by atoms with E-state index >= 15 is 0 Å². The lowest BCUT2D eigenvalue weighted by Crippen LogP contribution is -2.50. The van der Waals surface area contributed by atoms with E-state index in [1.54, 1.807) is 31.4 Å². The Morgan fingerprint density at radius 2 is 1.93 bits per heavy atom. The van der Waals surface area contributed by atoms with Gasteiger partial charge in [-0.05, 0) is 37.5 Å². The fraction of sp³-hybridized carbons (Fsp3) is 0.526. The Labute approximate surface area is 157 Å². The molecule has 3 rings (SSSR count). The van der Waals surface area contributed by atoms with Crippen molar-refractivity contribution < 1.29 is 24.2 Å². The summed E-state index contributed by atoms with van der Waals surface area (Å²) in [5, 5.41) is 15.6. The number of imide groups is 1. The molecule has 4 amide bonds. The molecular formula is C19H25N3O5. The summed E-state index contributed by atoms with van der Waals surface area (Å²) < 4.78 is 5.07. The summed E-state index contributed by atoms with van der Waals surface area (Å²) in [6.07, 6.45) is 2.08. The van der Waals surface area contributed by atoms with Gasteiger partial charge in [0.05, 0.1) is 13.2 Å². The van der Waals surface area contributed by atoms with Crippen LogP contribution in [0.3, 0.4) is 0 Å². The number of carbonyl (C=O) groups is 3. The summed E-state index contributed by atoms with van der Waals surface area (Å²) in [5.41, 5.74) is -0.211. The predicted octanol–water partition coefficient (Wildman–Crippen LogP) is 1.10. The highest BCUT2D eigenvalue weighted by atomic mass is 16.5. The zero-order valence-corrected chi connectivity index (χ0v) is 15.5. The van der Waals surface area contributed by atoms with Crippen LogP contribution in [0.2, 0.25) is 0 Å². The molecule has 1 saturated carbocycles. The number of ether oxygens (including phenoxy) is 1. The summed E-state index contributed by atoms with van der Waals surface area (Å²) >= 11 is 0. The Morgan fingerprint density at radius 1 is 1.30 bits per heavy atom. The molecule has 0 bridgehead atoms. The first-order valence-corrected chi connectivity index (χ1v) is 9.13. The fourth-order valence-electron chi connectivity index (χ4n) is 3.72. The smallest absolute Gasteiger partial charge is 0.325 e. The van der Waals surface area contributed by atoms with Crippen LogP contribution in [0.15, 0.2) is 24.3 Å². The lowest BCUT2D eigenvalue weighted by molar-refractivity contribution is -0.138. The van der Waals surface area contributed by atoms with Crippen LogP contribution in [0.1, 0.15) is 44.3 Å². The third-order valence-corrected chi connectivity index (χ3v) is 5.39. The SMILES string of the molecule is COc1ccc(C(O)CNC(=O)C(C)N2C(=O)NC3(CCCC3)C2=O)cc1. The highest BCUT2D eigenvalue weighted by molar-refractivity contribution is 6.09. The molecule has 27 heavy (non-hydrogen) atoms. The maximum atomic E-state index is 12.7. The van der Waals surface area contributed by atoms with E-state index in [2.05, 4.69) is 10.6 Å². The molecular weight excluding hydrogens is 350 g/mol. The van der Waals surface area contributed by atoms with Gasteiger partial charge in [-0.3, -0.25) is 9.59 Å². The number of rotatable bonds is 6. The highest BCUT2D eigenvalue weighted by Crippen LogP contribution is 2.35. The largest absolute Gasteiger partial charge is 0.497 e. The number of nitrogens with one attached hydrogen (secondary N) is 2. The Hall–Kier alpha value is -2.61. The third kappa shape index (κ3) is 3.62. The average molecular weight is 375 g/mol. The summed E-state index contributed by atoms with van der Waals surface area (Å²) in [7, 11) is 1.55. The normalized spacial score (nSPS) is 20.5. The van der Waals surface area contributed by atoms with E-state index in [0.717, 1.165) is 17.7 Å². The number of aliphatic hydroxyl groups is 1. The van der Waals surface area contributed by atoms with E-state index in [0.29, 0.717) is 24.2 Å². The molecule has 1 heterocycles. The van der Waals surface area contributed by atoms with Crippen molar-refractivity contribution in [2.24, 2.45) is 0 Å². The van der Waals surface area contributed by atoms with Crippen LogP contribution >= 0.6 is 0 Å². The number of carbonyl (C=O) groups excluding carboxylic acids is 3. The second-order valence-electron chi connectivity index (χ2n) is 7.10. The van der Waals surface area contributed by atoms with Gasteiger partial charge in [0.2, 0.25) is 5.91 Å². The van der Waals surface area contributed by atoms with Crippen molar-refractivity contribution >= 4 is 17.8 Å². The van der Waals surface area contributed by atoms with Crippen molar-refractivity contribution in [1.82, 2.24) is 15.5 Å². The van der Waals surface area contributed by atoms with Gasteiger partial charge in [0.25, 0.3) is 5.91 Å². The maximum Gasteiger partial charge on any atom is 0.325 e. The van der Waals surface area contributed by atoms with Crippen molar-refractivity contribution in [1.29, 1.82) is 0 Å². The van der Waals surface area contributed by atoms with Crippen molar-refractivity contribution in [2.45, 2.75) is 50.3 Å². The monoisotopic (exact) mass is 375 g/mol. The van der Waals surface area contributed by atoms with E-state index in [1.165, 1.54) is 6.92 Å². The minimum atomic E-state index is -0.944. The average Bonchev–Trinajstić information content (AvgIpc) is 3.24. The van der Waals surface area contributed by atoms with Gasteiger partial charge in [-0.2, -0.15) is 0 Å². The standard InChI is InChI=1S/C19H25N3O5/c1-12(22-17(25)19(21-18(22)26)9-3-4-10-19)16(24)20-11-15(23)13-5-7-14(27-2)8-6-13/h5-8,12,15,23H,3-4,9-11H2,1-2H3,(H,20,24)(H,21,26). The van der Waals surface area contributed by atoms with E-state index in [4.69, 9.17) is 4.74 Å². The minimum Gasteiger partial charge on any atom is -0.497 e. The van der Waals surface area contributed by atoms with Crippen molar-refractivity contribution in [3.05, 3.63) is 29.8 Å². The molecule has 1 aliphatic heterocycles. The second-order valence-corrected chi connectivity index (χ2v) is 7.10. The van der Waals surface area contributed by atoms with Crippen molar-refractivity contribution in [2.75, 3.05) is 13.7 Å². The van der Waals surface area contributed by atoms with Crippen molar-refractivity contribution in [3.63, 3.8) is 0 Å². The molecule has 2 atom stereocenters. The number of aliphatic hydroxyl groups excluding tert-OH is 1. The van der Waals surface area contributed by atoms with Crippen LogP contribution in [-0.4, -0.2) is 53.1 Å². The molecule has 3 N–H and O–H groups in total. The molecule has 1 aliphatic carbocycles. The van der Waals surface area contributed by atoms with E-state index in [1.807, 2.05) is 0 Å². The molecule has 1 spiro atoms. The van der Waals surface area contributed by atoms with E-state index < -0.39 is 29.6 Å². The molecule has 8 nitrogen and oxygen atoms in total. The number of amides is 4. The van der Waals surface area contributed by atoms with Crippen LogP contribution in [0.5, 0.6) is 5.75 Å². The van der Waals surface area contributed by atoms with Gasteiger partial charge in [0.15, 0.2) is 0 Å². The molecule has 8 heteroatoms. The lowest BCUT2D eigenvalue weighted by atomic mass is 9.97. The predicted molar refractivity (Wildman–Crippen MR) is 97.0 cm³/mol. The Morgan fingerprint density at radius 3 is 2.52 bits per heavy atom. The van der Waals surface area contributed by atoms with E-state index in [-0.39, 0.29) is 12.5 Å². The summed E-state index contributed by atoms with van der Waals surface area (Å²) in [4.78, 5) is 38.4. The number of nitrogens with zero attached hydrogens (tertiary/aromatic N) is 1. The topological polar surface area (TPSA) is 108 Å². The van der Waals surface area contributed by atoms with Gasteiger partial charge in [-0.15, -0.1) is 0 Å². The molecule has 1 aromatic rings. The Bertz CT molecular complexity index is 727. The number of hydrogen-bond donors (Lipinski definition) is 3. The number of methoxy groups -OCH3 is 1. The zero-order chi connectivity index (χ0) is 19.6. The van der Waals surface area contributed by atoms with Gasteiger partial charge in [0, 0.05) is 6.54 Å². The maximum absolute atomic E-state index is 12.7. The first-order valence-electron chi connectivity index (χ1n) is 9.13.